The Morgan fingerprint density at radius 3 is 2.33 bits per heavy atom. The molecule has 6 nitrogen and oxygen atoms in total. The van der Waals surface area contributed by atoms with E-state index in [0.717, 1.165) is 24.2 Å². The standard InChI is InChI=1S/C21H25NO5/c1-24-15-7-8-17(18(11-15)25-2)22-21(23)10-14-6-5-13-9-19(26-3)20(27-4)12-16(13)14/h7-9,11-12,14H,5-6,10H2,1-4H3,(H,22,23). The zero-order valence-corrected chi connectivity index (χ0v) is 16.1. The Labute approximate surface area is 159 Å². The molecule has 0 heterocycles. The number of ether oxygens (including phenoxy) is 4. The van der Waals surface area contributed by atoms with Gasteiger partial charge in [-0.25, -0.2) is 0 Å². The fraction of sp³-hybridized carbons (Fsp3) is 0.381. The van der Waals surface area contributed by atoms with Gasteiger partial charge in [0.2, 0.25) is 5.91 Å². The molecule has 6 heteroatoms. The summed E-state index contributed by atoms with van der Waals surface area (Å²) in [4.78, 5) is 12.6. The van der Waals surface area contributed by atoms with Gasteiger partial charge >= 0.3 is 0 Å². The molecule has 2 aromatic rings. The number of carbonyl (C=O) groups is 1. The van der Waals surface area contributed by atoms with Gasteiger partial charge in [0, 0.05) is 12.5 Å². The second kappa shape index (κ2) is 8.20. The van der Waals surface area contributed by atoms with E-state index in [4.69, 9.17) is 18.9 Å². The quantitative estimate of drug-likeness (QED) is 0.802. The molecule has 144 valence electrons. The second-order valence-corrected chi connectivity index (χ2v) is 6.46. The zero-order valence-electron chi connectivity index (χ0n) is 16.1. The molecule has 0 fully saturated rings. The van der Waals surface area contributed by atoms with Gasteiger partial charge in [-0.2, -0.15) is 0 Å². The maximum atomic E-state index is 12.6. The Kier molecular flexibility index (Phi) is 5.74. The number of amides is 1. The van der Waals surface area contributed by atoms with Crippen LogP contribution in [-0.2, 0) is 11.2 Å². The topological polar surface area (TPSA) is 66.0 Å². The molecule has 1 aliphatic carbocycles. The smallest absolute Gasteiger partial charge is 0.225 e. The van der Waals surface area contributed by atoms with Crippen molar-refractivity contribution in [2.45, 2.75) is 25.2 Å². The SMILES string of the molecule is COc1ccc(NC(=O)CC2CCc3cc(OC)c(OC)cc32)c(OC)c1. The largest absolute Gasteiger partial charge is 0.497 e. The molecule has 0 saturated carbocycles. The van der Waals surface area contributed by atoms with Gasteiger partial charge in [0.25, 0.3) is 0 Å². The molecule has 0 aliphatic heterocycles. The van der Waals surface area contributed by atoms with Crippen LogP contribution >= 0.6 is 0 Å². The fourth-order valence-electron chi connectivity index (χ4n) is 3.56. The number of rotatable bonds is 7. The van der Waals surface area contributed by atoms with Crippen LogP contribution in [0.4, 0.5) is 5.69 Å². The summed E-state index contributed by atoms with van der Waals surface area (Å²) in [5, 5.41) is 2.95. The lowest BCUT2D eigenvalue weighted by Gasteiger charge is -2.16. The molecular formula is C21H25NO5. The van der Waals surface area contributed by atoms with E-state index in [1.807, 2.05) is 12.1 Å². The summed E-state index contributed by atoms with van der Waals surface area (Å²) in [7, 11) is 6.41. The Hall–Kier alpha value is -2.89. The molecule has 1 amide bonds. The van der Waals surface area contributed by atoms with Crippen molar-refractivity contribution in [3.63, 3.8) is 0 Å². The molecule has 0 radical (unpaired) electrons. The third-order valence-corrected chi connectivity index (χ3v) is 4.96. The number of aryl methyl sites for hydroxylation is 1. The van der Waals surface area contributed by atoms with Crippen LogP contribution in [0.1, 0.15) is 29.9 Å². The van der Waals surface area contributed by atoms with E-state index in [1.165, 1.54) is 5.56 Å². The van der Waals surface area contributed by atoms with Crippen molar-refractivity contribution in [1.82, 2.24) is 0 Å². The monoisotopic (exact) mass is 371 g/mol. The summed E-state index contributed by atoms with van der Waals surface area (Å²) in [5.74, 6) is 2.77. The van der Waals surface area contributed by atoms with Gasteiger partial charge in [0.15, 0.2) is 11.5 Å². The Morgan fingerprint density at radius 2 is 1.67 bits per heavy atom. The van der Waals surface area contributed by atoms with E-state index in [-0.39, 0.29) is 11.8 Å². The van der Waals surface area contributed by atoms with Crippen molar-refractivity contribution < 1.29 is 23.7 Å². The highest BCUT2D eigenvalue weighted by atomic mass is 16.5. The lowest BCUT2D eigenvalue weighted by atomic mass is 9.97. The number of hydrogen-bond donors (Lipinski definition) is 1. The molecule has 27 heavy (non-hydrogen) atoms. The third kappa shape index (κ3) is 3.94. The fourth-order valence-corrected chi connectivity index (χ4v) is 3.56. The predicted molar refractivity (Wildman–Crippen MR) is 103 cm³/mol. The first-order valence-corrected chi connectivity index (χ1v) is 8.86. The van der Waals surface area contributed by atoms with E-state index < -0.39 is 0 Å². The van der Waals surface area contributed by atoms with Crippen LogP contribution < -0.4 is 24.3 Å². The molecule has 2 aromatic carbocycles. The van der Waals surface area contributed by atoms with Crippen LogP contribution in [0.15, 0.2) is 30.3 Å². The molecular weight excluding hydrogens is 346 g/mol. The molecule has 1 aliphatic rings. The van der Waals surface area contributed by atoms with Crippen molar-refractivity contribution in [3.8, 4) is 23.0 Å². The summed E-state index contributed by atoms with van der Waals surface area (Å²) in [5.41, 5.74) is 3.01. The summed E-state index contributed by atoms with van der Waals surface area (Å²) in [6, 6.07) is 9.33. The first kappa shape index (κ1) is 18.9. The molecule has 0 aromatic heterocycles. The number of anilines is 1. The van der Waals surface area contributed by atoms with Crippen LogP contribution in [0, 0.1) is 0 Å². The van der Waals surface area contributed by atoms with Gasteiger partial charge in [-0.3, -0.25) is 4.79 Å². The van der Waals surface area contributed by atoms with Crippen LogP contribution in [0.5, 0.6) is 23.0 Å². The molecule has 0 saturated heterocycles. The number of benzene rings is 2. The Bertz CT molecular complexity index is 834. The first-order valence-electron chi connectivity index (χ1n) is 8.86. The van der Waals surface area contributed by atoms with E-state index in [1.54, 1.807) is 46.6 Å². The maximum absolute atomic E-state index is 12.6. The highest BCUT2D eigenvalue weighted by Gasteiger charge is 2.27. The summed E-state index contributed by atoms with van der Waals surface area (Å²) in [6.07, 6.45) is 2.26. The van der Waals surface area contributed by atoms with Crippen molar-refractivity contribution in [3.05, 3.63) is 41.5 Å². The van der Waals surface area contributed by atoms with Crippen LogP contribution in [-0.4, -0.2) is 34.3 Å². The summed E-state index contributed by atoms with van der Waals surface area (Å²) < 4.78 is 21.3. The van der Waals surface area contributed by atoms with Crippen LogP contribution in [0.25, 0.3) is 0 Å². The van der Waals surface area contributed by atoms with Crippen molar-refractivity contribution in [1.29, 1.82) is 0 Å². The summed E-state index contributed by atoms with van der Waals surface area (Å²) >= 11 is 0. The van der Waals surface area contributed by atoms with Gasteiger partial charge in [-0.1, -0.05) is 0 Å². The molecule has 3 rings (SSSR count). The van der Waals surface area contributed by atoms with Crippen molar-refractivity contribution >= 4 is 11.6 Å². The first-order chi connectivity index (χ1) is 13.1. The van der Waals surface area contributed by atoms with Crippen LogP contribution in [0.3, 0.4) is 0 Å². The number of methoxy groups -OCH3 is 4. The lowest BCUT2D eigenvalue weighted by Crippen LogP contribution is -2.15. The second-order valence-electron chi connectivity index (χ2n) is 6.46. The van der Waals surface area contributed by atoms with Crippen molar-refractivity contribution in [2.75, 3.05) is 33.8 Å². The van der Waals surface area contributed by atoms with E-state index >= 15 is 0 Å². The van der Waals surface area contributed by atoms with Gasteiger partial charge in [0.05, 0.1) is 34.1 Å². The van der Waals surface area contributed by atoms with Crippen molar-refractivity contribution in [2.24, 2.45) is 0 Å². The Balaban J connectivity index is 1.74. The number of carbonyl (C=O) groups excluding carboxylic acids is 1. The van der Waals surface area contributed by atoms with E-state index in [2.05, 4.69) is 5.32 Å². The normalized spacial score (nSPS) is 15.0. The molecule has 0 spiro atoms. The van der Waals surface area contributed by atoms with Gasteiger partial charge in [0.1, 0.15) is 11.5 Å². The average molecular weight is 371 g/mol. The number of nitrogens with one attached hydrogen (secondary N) is 1. The minimum absolute atomic E-state index is 0.0499. The zero-order chi connectivity index (χ0) is 19.4. The molecule has 1 atom stereocenters. The Morgan fingerprint density at radius 1 is 0.963 bits per heavy atom. The molecule has 0 bridgehead atoms. The number of fused-ring (bicyclic) bond motifs is 1. The summed E-state index contributed by atoms with van der Waals surface area (Å²) in [6.45, 7) is 0. The minimum atomic E-state index is -0.0499. The molecule has 1 N–H and O–H groups in total. The lowest BCUT2D eigenvalue weighted by molar-refractivity contribution is -0.116. The van der Waals surface area contributed by atoms with Gasteiger partial charge in [-0.05, 0) is 54.2 Å². The van der Waals surface area contributed by atoms with Crippen LogP contribution in [0.2, 0.25) is 0 Å². The van der Waals surface area contributed by atoms with Gasteiger partial charge < -0.3 is 24.3 Å². The highest BCUT2D eigenvalue weighted by Crippen LogP contribution is 2.42. The third-order valence-electron chi connectivity index (χ3n) is 4.96. The van der Waals surface area contributed by atoms with E-state index in [9.17, 15) is 4.79 Å². The average Bonchev–Trinajstić information content (AvgIpc) is 3.08. The highest BCUT2D eigenvalue weighted by molar-refractivity contribution is 5.93. The number of hydrogen-bond acceptors (Lipinski definition) is 5. The predicted octanol–water partition coefficient (Wildman–Crippen LogP) is 3.78. The van der Waals surface area contributed by atoms with Gasteiger partial charge in [-0.15, -0.1) is 0 Å². The maximum Gasteiger partial charge on any atom is 0.225 e. The van der Waals surface area contributed by atoms with E-state index in [0.29, 0.717) is 29.4 Å². The molecule has 1 unspecified atom stereocenters. The minimum Gasteiger partial charge on any atom is -0.497 e.